The largest absolute Gasteiger partial charge is 0.270 e. The lowest BCUT2D eigenvalue weighted by molar-refractivity contribution is -0.384. The lowest BCUT2D eigenvalue weighted by Crippen LogP contribution is -2.01. The lowest BCUT2D eigenvalue weighted by atomic mass is 9.92. The van der Waals surface area contributed by atoms with Gasteiger partial charge in [0.15, 0.2) is 0 Å². The lowest BCUT2D eigenvalue weighted by Gasteiger charge is -2.16. The number of non-ortho nitro benzene ring substituents is 1. The molecule has 0 radical (unpaired) electrons. The first-order chi connectivity index (χ1) is 11.7. The third-order valence-corrected chi connectivity index (χ3v) is 4.77. The van der Waals surface area contributed by atoms with Crippen molar-refractivity contribution in [1.29, 1.82) is 0 Å². The third kappa shape index (κ3) is 2.54. The number of aryl methyl sites for hydroxylation is 1. The Bertz CT molecular complexity index is 920. The molecule has 0 unspecified atom stereocenters. The fraction of sp³-hybridized carbons (Fsp3) is 0.250. The van der Waals surface area contributed by atoms with Crippen molar-refractivity contribution in [1.82, 2.24) is 4.98 Å². The Labute approximate surface area is 140 Å². The third-order valence-electron chi connectivity index (χ3n) is 4.77. The summed E-state index contributed by atoms with van der Waals surface area (Å²) < 4.78 is 0. The normalized spacial score (nSPS) is 14.2. The highest BCUT2D eigenvalue weighted by atomic mass is 16.6. The van der Waals surface area contributed by atoms with Crippen LogP contribution in [0.2, 0.25) is 0 Å². The van der Waals surface area contributed by atoms with Gasteiger partial charge in [-0.1, -0.05) is 36.8 Å². The Hall–Kier alpha value is -2.75. The summed E-state index contributed by atoms with van der Waals surface area (Å²) in [5, 5.41) is 12.1. The van der Waals surface area contributed by atoms with E-state index in [2.05, 4.69) is 12.1 Å². The minimum atomic E-state index is -0.333. The smallest absolute Gasteiger partial charge is 0.258 e. The summed E-state index contributed by atoms with van der Waals surface area (Å²) in [5.74, 6) is 0. The van der Waals surface area contributed by atoms with Gasteiger partial charge in [-0.25, -0.2) is 0 Å². The van der Waals surface area contributed by atoms with Crippen molar-refractivity contribution in [3.05, 3.63) is 69.9 Å². The summed E-state index contributed by atoms with van der Waals surface area (Å²) in [6.45, 7) is 0. The van der Waals surface area contributed by atoms with E-state index in [1.807, 2.05) is 18.2 Å². The molecule has 2 aromatic carbocycles. The van der Waals surface area contributed by atoms with Crippen molar-refractivity contribution in [2.75, 3.05) is 0 Å². The first-order valence-corrected chi connectivity index (χ1v) is 8.39. The summed E-state index contributed by atoms with van der Waals surface area (Å²) in [6, 6.07) is 15.2. The van der Waals surface area contributed by atoms with E-state index in [1.165, 1.54) is 12.0 Å². The minimum Gasteiger partial charge on any atom is -0.258 e. The van der Waals surface area contributed by atoms with E-state index in [0.717, 1.165) is 53.4 Å². The maximum absolute atomic E-state index is 11.2. The Kier molecular flexibility index (Phi) is 3.73. The number of nitro benzene ring substituents is 1. The minimum absolute atomic E-state index is 0.120. The topological polar surface area (TPSA) is 56.0 Å². The van der Waals surface area contributed by atoms with Gasteiger partial charge in [0.2, 0.25) is 0 Å². The second-order valence-electron chi connectivity index (χ2n) is 6.30. The van der Waals surface area contributed by atoms with E-state index >= 15 is 0 Å². The number of rotatable bonds is 2. The second kappa shape index (κ2) is 6.04. The Balaban J connectivity index is 2.08. The molecule has 0 amide bonds. The quantitative estimate of drug-likeness (QED) is 0.376. The average molecular weight is 318 g/mol. The van der Waals surface area contributed by atoms with Crippen molar-refractivity contribution in [2.24, 2.45) is 0 Å². The molecular weight excluding hydrogens is 300 g/mol. The molecule has 0 fully saturated rings. The number of fused-ring (bicyclic) bond motifs is 2. The fourth-order valence-electron chi connectivity index (χ4n) is 3.64. The zero-order valence-corrected chi connectivity index (χ0v) is 13.4. The summed E-state index contributed by atoms with van der Waals surface area (Å²) in [6.07, 6.45) is 5.50. The predicted octanol–water partition coefficient (Wildman–Crippen LogP) is 5.08. The molecule has 1 aromatic heterocycles. The van der Waals surface area contributed by atoms with Gasteiger partial charge in [0.1, 0.15) is 0 Å². The molecular formula is C20H18N2O2. The number of nitro groups is 1. The van der Waals surface area contributed by atoms with Gasteiger partial charge in [-0.3, -0.25) is 15.1 Å². The standard InChI is InChI=1S/C20H18N2O2/c23-22(24)15-11-12-19-17(13-15)20(14-7-3-1-4-8-14)16-9-5-2-6-10-18(16)21-19/h1,3-4,7-8,11-13H,2,5-6,9-10H2. The molecule has 1 aliphatic carbocycles. The van der Waals surface area contributed by atoms with E-state index < -0.39 is 0 Å². The maximum atomic E-state index is 11.2. The van der Waals surface area contributed by atoms with Gasteiger partial charge in [-0.2, -0.15) is 0 Å². The number of benzene rings is 2. The summed E-state index contributed by atoms with van der Waals surface area (Å²) >= 11 is 0. The van der Waals surface area contributed by atoms with Gasteiger partial charge in [0.05, 0.1) is 10.4 Å². The Morgan fingerprint density at radius 3 is 2.54 bits per heavy atom. The van der Waals surface area contributed by atoms with Crippen LogP contribution >= 0.6 is 0 Å². The highest BCUT2D eigenvalue weighted by molar-refractivity contribution is 5.97. The van der Waals surface area contributed by atoms with Crippen molar-refractivity contribution >= 4 is 16.6 Å². The number of pyridine rings is 1. The molecule has 0 saturated carbocycles. The van der Waals surface area contributed by atoms with Crippen LogP contribution < -0.4 is 0 Å². The van der Waals surface area contributed by atoms with Crippen LogP contribution in [0.5, 0.6) is 0 Å². The first-order valence-electron chi connectivity index (χ1n) is 8.39. The van der Waals surface area contributed by atoms with Crippen LogP contribution in [0, 0.1) is 10.1 Å². The second-order valence-corrected chi connectivity index (χ2v) is 6.30. The molecule has 1 aliphatic rings. The fourth-order valence-corrected chi connectivity index (χ4v) is 3.64. The summed E-state index contributed by atoms with van der Waals surface area (Å²) in [7, 11) is 0. The molecule has 3 aromatic rings. The van der Waals surface area contributed by atoms with Gasteiger partial charge in [0, 0.05) is 23.2 Å². The van der Waals surface area contributed by atoms with Gasteiger partial charge < -0.3 is 0 Å². The highest BCUT2D eigenvalue weighted by Crippen LogP contribution is 2.37. The first kappa shape index (κ1) is 14.8. The average Bonchev–Trinajstić information content (AvgIpc) is 2.85. The van der Waals surface area contributed by atoms with E-state index in [1.54, 1.807) is 18.2 Å². The van der Waals surface area contributed by atoms with E-state index in [4.69, 9.17) is 4.98 Å². The highest BCUT2D eigenvalue weighted by Gasteiger charge is 2.20. The molecule has 0 saturated heterocycles. The van der Waals surface area contributed by atoms with Crippen LogP contribution in [0.25, 0.3) is 22.0 Å². The maximum Gasteiger partial charge on any atom is 0.270 e. The molecule has 24 heavy (non-hydrogen) atoms. The van der Waals surface area contributed by atoms with Gasteiger partial charge in [-0.05, 0) is 48.4 Å². The molecule has 0 bridgehead atoms. The van der Waals surface area contributed by atoms with Crippen LogP contribution in [0.3, 0.4) is 0 Å². The molecule has 0 aliphatic heterocycles. The molecule has 4 heteroatoms. The Morgan fingerprint density at radius 1 is 0.958 bits per heavy atom. The zero-order valence-electron chi connectivity index (χ0n) is 13.4. The van der Waals surface area contributed by atoms with Crippen molar-refractivity contribution in [3.63, 3.8) is 0 Å². The Morgan fingerprint density at radius 2 is 1.75 bits per heavy atom. The van der Waals surface area contributed by atoms with Gasteiger partial charge in [-0.15, -0.1) is 0 Å². The zero-order chi connectivity index (χ0) is 16.5. The molecule has 4 rings (SSSR count). The van der Waals surface area contributed by atoms with Gasteiger partial charge in [0.25, 0.3) is 5.69 Å². The number of aromatic nitrogens is 1. The van der Waals surface area contributed by atoms with E-state index in [-0.39, 0.29) is 10.6 Å². The molecule has 120 valence electrons. The number of nitrogens with zero attached hydrogens (tertiary/aromatic N) is 2. The predicted molar refractivity (Wildman–Crippen MR) is 95.1 cm³/mol. The van der Waals surface area contributed by atoms with Crippen molar-refractivity contribution < 1.29 is 4.92 Å². The van der Waals surface area contributed by atoms with Crippen LogP contribution in [0.4, 0.5) is 5.69 Å². The molecule has 0 atom stereocenters. The van der Waals surface area contributed by atoms with Crippen molar-refractivity contribution in [3.8, 4) is 11.1 Å². The molecule has 0 spiro atoms. The van der Waals surface area contributed by atoms with Crippen LogP contribution in [0.15, 0.2) is 48.5 Å². The van der Waals surface area contributed by atoms with E-state index in [0.29, 0.717) is 0 Å². The molecule has 4 nitrogen and oxygen atoms in total. The molecule has 1 heterocycles. The van der Waals surface area contributed by atoms with Crippen molar-refractivity contribution in [2.45, 2.75) is 32.1 Å². The number of hydrogen-bond acceptors (Lipinski definition) is 3. The SMILES string of the molecule is O=[N+]([O-])c1ccc2nc3c(c(-c4ccccc4)c2c1)CCCCC3. The van der Waals surface area contributed by atoms with Gasteiger partial charge >= 0.3 is 0 Å². The van der Waals surface area contributed by atoms with Crippen LogP contribution in [-0.4, -0.2) is 9.91 Å². The summed E-state index contributed by atoms with van der Waals surface area (Å²) in [5.41, 5.74) is 5.64. The van der Waals surface area contributed by atoms with E-state index in [9.17, 15) is 10.1 Å². The van der Waals surface area contributed by atoms with Crippen LogP contribution in [-0.2, 0) is 12.8 Å². The number of hydrogen-bond donors (Lipinski definition) is 0. The summed E-state index contributed by atoms with van der Waals surface area (Å²) in [4.78, 5) is 15.7. The van der Waals surface area contributed by atoms with Crippen LogP contribution in [0.1, 0.15) is 30.5 Å². The monoisotopic (exact) mass is 318 g/mol. The molecule has 0 N–H and O–H groups in total.